The smallest absolute Gasteiger partial charge is 0.338 e. The molecule has 0 saturated carbocycles. The van der Waals surface area contributed by atoms with Crippen molar-refractivity contribution in [2.75, 3.05) is 12.9 Å². The molecule has 3 heteroatoms. The van der Waals surface area contributed by atoms with Gasteiger partial charge in [0.2, 0.25) is 0 Å². The fourth-order valence-corrected chi connectivity index (χ4v) is 2.68. The molecule has 0 saturated heterocycles. The number of ether oxygens (including phenoxy) is 1. The van der Waals surface area contributed by atoms with Gasteiger partial charge in [-0.3, -0.25) is 0 Å². The number of carbonyl (C=O) groups excluding carboxylic acids is 1. The second-order valence-electron chi connectivity index (χ2n) is 5.31. The standard InChI is InChI=1S/C20H26O2S/c1-5-6-7-9-18-11-13-19(14-12-18)10-8-15-23-17(3)16(2)20(21)22-4/h8,10-14H,2-3,5-7,9,15H2,1,4H3/b10-8+. The number of aryl methyl sites for hydroxylation is 1. The molecule has 2 nitrogen and oxygen atoms in total. The van der Waals surface area contributed by atoms with Crippen LogP contribution in [0.4, 0.5) is 0 Å². The molecule has 23 heavy (non-hydrogen) atoms. The van der Waals surface area contributed by atoms with Crippen molar-refractivity contribution in [2.24, 2.45) is 0 Å². The summed E-state index contributed by atoms with van der Waals surface area (Å²) >= 11 is 1.48. The van der Waals surface area contributed by atoms with E-state index in [1.54, 1.807) is 0 Å². The van der Waals surface area contributed by atoms with Crippen LogP contribution in [0.5, 0.6) is 0 Å². The number of thioether (sulfide) groups is 1. The van der Waals surface area contributed by atoms with E-state index in [0.717, 1.165) is 12.2 Å². The molecule has 0 aromatic heterocycles. The second-order valence-corrected chi connectivity index (χ2v) is 6.42. The summed E-state index contributed by atoms with van der Waals surface area (Å²) in [6, 6.07) is 8.68. The number of carbonyl (C=O) groups is 1. The molecule has 0 radical (unpaired) electrons. The van der Waals surface area contributed by atoms with Gasteiger partial charge in [0.25, 0.3) is 0 Å². The first-order valence-corrected chi connectivity index (χ1v) is 8.91. The van der Waals surface area contributed by atoms with Crippen LogP contribution in [0.3, 0.4) is 0 Å². The molecule has 0 aliphatic heterocycles. The Hall–Kier alpha value is -1.74. The molecule has 0 spiro atoms. The van der Waals surface area contributed by atoms with Gasteiger partial charge >= 0.3 is 5.97 Å². The van der Waals surface area contributed by atoms with Gasteiger partial charge in [-0.2, -0.15) is 0 Å². The molecular formula is C20H26O2S. The molecule has 0 unspecified atom stereocenters. The lowest BCUT2D eigenvalue weighted by molar-refractivity contribution is -0.135. The molecule has 0 amide bonds. The number of methoxy groups -OCH3 is 1. The van der Waals surface area contributed by atoms with E-state index in [9.17, 15) is 4.79 Å². The number of benzene rings is 1. The van der Waals surface area contributed by atoms with Gasteiger partial charge in [0, 0.05) is 10.7 Å². The van der Waals surface area contributed by atoms with Gasteiger partial charge in [0.15, 0.2) is 0 Å². The fourth-order valence-electron chi connectivity index (χ4n) is 2.03. The predicted molar refractivity (Wildman–Crippen MR) is 101 cm³/mol. The normalized spacial score (nSPS) is 10.7. The Morgan fingerprint density at radius 1 is 1.22 bits per heavy atom. The molecule has 1 aromatic rings. The molecule has 0 aliphatic rings. The Kier molecular flexibility index (Phi) is 9.15. The van der Waals surface area contributed by atoms with E-state index >= 15 is 0 Å². The Morgan fingerprint density at radius 2 is 1.91 bits per heavy atom. The number of esters is 1. The molecule has 0 atom stereocenters. The van der Waals surface area contributed by atoms with Crippen LogP contribution in [-0.4, -0.2) is 18.8 Å². The predicted octanol–water partition coefficient (Wildman–Crippen LogP) is 5.41. The fraction of sp³-hybridized carbons (Fsp3) is 0.350. The van der Waals surface area contributed by atoms with Crippen LogP contribution in [0, 0.1) is 0 Å². The Balaban J connectivity index is 2.39. The third-order valence-electron chi connectivity index (χ3n) is 3.48. The first-order valence-electron chi connectivity index (χ1n) is 7.93. The molecule has 0 fully saturated rings. The Morgan fingerprint density at radius 3 is 2.52 bits per heavy atom. The summed E-state index contributed by atoms with van der Waals surface area (Å²) in [6.45, 7) is 9.75. The van der Waals surface area contributed by atoms with Gasteiger partial charge in [-0.15, -0.1) is 11.8 Å². The highest BCUT2D eigenvalue weighted by molar-refractivity contribution is 8.03. The average Bonchev–Trinajstić information content (AvgIpc) is 2.58. The van der Waals surface area contributed by atoms with Crippen molar-refractivity contribution >= 4 is 23.8 Å². The van der Waals surface area contributed by atoms with Crippen LogP contribution in [0.2, 0.25) is 0 Å². The van der Waals surface area contributed by atoms with Crippen molar-refractivity contribution in [3.8, 4) is 0 Å². The topological polar surface area (TPSA) is 26.3 Å². The van der Waals surface area contributed by atoms with Crippen molar-refractivity contribution < 1.29 is 9.53 Å². The highest BCUT2D eigenvalue weighted by Gasteiger charge is 2.09. The van der Waals surface area contributed by atoms with E-state index in [4.69, 9.17) is 0 Å². The van der Waals surface area contributed by atoms with Crippen LogP contribution in [-0.2, 0) is 16.0 Å². The zero-order valence-corrected chi connectivity index (χ0v) is 15.0. The minimum Gasteiger partial charge on any atom is -0.465 e. The number of hydrogen-bond acceptors (Lipinski definition) is 3. The van der Waals surface area contributed by atoms with E-state index in [1.807, 2.05) is 0 Å². The first kappa shape index (κ1) is 19.3. The van der Waals surface area contributed by atoms with E-state index in [-0.39, 0.29) is 0 Å². The van der Waals surface area contributed by atoms with Gasteiger partial charge in [0.05, 0.1) is 12.7 Å². The minimum absolute atomic E-state index is 0.322. The molecule has 0 bridgehead atoms. The lowest BCUT2D eigenvalue weighted by atomic mass is 10.1. The summed E-state index contributed by atoms with van der Waals surface area (Å²) in [7, 11) is 1.34. The van der Waals surface area contributed by atoms with E-state index in [1.165, 1.54) is 49.3 Å². The van der Waals surface area contributed by atoms with Crippen LogP contribution in [0.1, 0.15) is 37.3 Å². The van der Waals surface area contributed by atoms with Crippen LogP contribution in [0.25, 0.3) is 6.08 Å². The maximum Gasteiger partial charge on any atom is 0.338 e. The van der Waals surface area contributed by atoms with Gasteiger partial charge in [-0.05, 0) is 24.0 Å². The van der Waals surface area contributed by atoms with Crippen molar-refractivity contribution in [1.29, 1.82) is 0 Å². The number of hydrogen-bond donors (Lipinski definition) is 0. The quantitative estimate of drug-likeness (QED) is 0.248. The van der Waals surface area contributed by atoms with Gasteiger partial charge in [0.1, 0.15) is 0 Å². The molecule has 0 heterocycles. The number of rotatable bonds is 10. The lowest BCUT2D eigenvalue weighted by Gasteiger charge is -2.05. The highest BCUT2D eigenvalue weighted by atomic mass is 32.2. The highest BCUT2D eigenvalue weighted by Crippen LogP contribution is 2.22. The van der Waals surface area contributed by atoms with E-state index in [2.05, 4.69) is 61.2 Å². The van der Waals surface area contributed by atoms with Crippen molar-refractivity contribution in [1.82, 2.24) is 0 Å². The largest absolute Gasteiger partial charge is 0.465 e. The maximum atomic E-state index is 11.3. The summed E-state index contributed by atoms with van der Waals surface area (Å²) in [5, 5.41) is 0. The SMILES string of the molecule is C=C(SC/C=C/c1ccc(CCCCC)cc1)C(=C)C(=O)OC. The van der Waals surface area contributed by atoms with E-state index < -0.39 is 5.97 Å². The maximum absolute atomic E-state index is 11.3. The summed E-state index contributed by atoms with van der Waals surface area (Å²) < 4.78 is 4.62. The van der Waals surface area contributed by atoms with Gasteiger partial charge in [-0.25, -0.2) is 4.79 Å². The summed E-state index contributed by atoms with van der Waals surface area (Å²) in [5.41, 5.74) is 2.90. The Bertz CT molecular complexity index is 556. The van der Waals surface area contributed by atoms with Gasteiger partial charge < -0.3 is 4.74 Å². The summed E-state index contributed by atoms with van der Waals surface area (Å²) in [5.74, 6) is 0.317. The van der Waals surface area contributed by atoms with Crippen LogP contribution < -0.4 is 0 Å². The third kappa shape index (κ3) is 7.38. The van der Waals surface area contributed by atoms with Crippen molar-refractivity contribution in [3.63, 3.8) is 0 Å². The van der Waals surface area contributed by atoms with E-state index in [0.29, 0.717) is 10.5 Å². The molecule has 0 N–H and O–H groups in total. The third-order valence-corrected chi connectivity index (χ3v) is 4.44. The monoisotopic (exact) mass is 330 g/mol. The zero-order chi connectivity index (χ0) is 17.1. The molecule has 124 valence electrons. The average molecular weight is 330 g/mol. The molecule has 1 rings (SSSR count). The first-order chi connectivity index (χ1) is 11.1. The van der Waals surface area contributed by atoms with Crippen molar-refractivity contribution in [2.45, 2.75) is 32.6 Å². The molecular weight excluding hydrogens is 304 g/mol. The lowest BCUT2D eigenvalue weighted by Crippen LogP contribution is -2.03. The zero-order valence-electron chi connectivity index (χ0n) is 14.1. The van der Waals surface area contributed by atoms with Crippen LogP contribution >= 0.6 is 11.8 Å². The second kappa shape index (κ2) is 10.9. The van der Waals surface area contributed by atoms with Crippen molar-refractivity contribution in [3.05, 3.63) is 65.1 Å². The molecule has 1 aromatic carbocycles. The molecule has 0 aliphatic carbocycles. The van der Waals surface area contributed by atoms with Crippen LogP contribution in [0.15, 0.2) is 54.0 Å². The van der Waals surface area contributed by atoms with Gasteiger partial charge in [-0.1, -0.05) is 69.3 Å². The summed E-state index contributed by atoms with van der Waals surface area (Å²) in [6.07, 6.45) is 9.10. The Labute approximate surface area is 144 Å². The number of unbranched alkanes of at least 4 members (excludes halogenated alkanes) is 2. The summed E-state index contributed by atoms with van der Waals surface area (Å²) in [4.78, 5) is 12.0. The minimum atomic E-state index is -0.426.